The van der Waals surface area contributed by atoms with Gasteiger partial charge >= 0.3 is 5.97 Å². The second-order valence-corrected chi connectivity index (χ2v) is 30.8. The molecule has 6 aromatic carbocycles. The second kappa shape index (κ2) is 55.6. The molecule has 0 saturated heterocycles. The van der Waals surface area contributed by atoms with Crippen LogP contribution in [0.25, 0.3) is 0 Å². The minimum Gasteiger partial charge on any atom is -1.00 e. The van der Waals surface area contributed by atoms with Crippen molar-refractivity contribution in [3.63, 3.8) is 0 Å². The van der Waals surface area contributed by atoms with Crippen molar-refractivity contribution < 1.29 is 169 Å². The first-order valence-electron chi connectivity index (χ1n) is 37.5. The lowest BCUT2D eigenvalue weighted by molar-refractivity contribution is -0.782. The maximum Gasteiger partial charge on any atom is 0.347 e. The predicted octanol–water partition coefficient (Wildman–Crippen LogP) is 3.27. The van der Waals surface area contributed by atoms with Gasteiger partial charge in [0.1, 0.15) is 61.4 Å². The van der Waals surface area contributed by atoms with Gasteiger partial charge in [0.05, 0.1) is 25.4 Å². The molecule has 0 aliphatic carbocycles. The van der Waals surface area contributed by atoms with Crippen LogP contribution < -0.4 is 56.2 Å². The van der Waals surface area contributed by atoms with E-state index >= 15 is 0 Å². The van der Waals surface area contributed by atoms with E-state index < -0.39 is 146 Å². The molecule has 0 heterocycles. The van der Waals surface area contributed by atoms with E-state index in [1.54, 1.807) is 116 Å². The van der Waals surface area contributed by atoms with E-state index in [-0.39, 0.29) is 85.0 Å². The van der Waals surface area contributed by atoms with Crippen LogP contribution >= 0.6 is 34.8 Å². The van der Waals surface area contributed by atoms with E-state index in [4.69, 9.17) is 75.2 Å². The molecule has 44 nitrogen and oxygen atoms in total. The number of hydrogen-bond acceptors (Lipinski definition) is 34. The smallest absolute Gasteiger partial charge is 0.347 e. The van der Waals surface area contributed by atoms with Crippen LogP contribution in [0.15, 0.2) is 146 Å². The summed E-state index contributed by atoms with van der Waals surface area (Å²) in [7, 11) is 0. The summed E-state index contributed by atoms with van der Waals surface area (Å²) in [6.07, 6.45) is 2.22. The second-order valence-electron chi connectivity index (χ2n) is 29.5. The quantitative estimate of drug-likeness (QED) is 0.0164. The average Bonchev–Trinajstić information content (AvgIpc) is 0.817. The Kier molecular flexibility index (Phi) is 51.3. The maximum atomic E-state index is 13.1. The number of aliphatic hydroxyl groups is 3. The summed E-state index contributed by atoms with van der Waals surface area (Å²) in [5, 5.41) is 101. The molecule has 0 aliphatic rings. The Morgan fingerprint density at radius 2 is 0.528 bits per heavy atom. The van der Waals surface area contributed by atoms with Crippen molar-refractivity contribution in [1.29, 1.82) is 0 Å². The van der Waals surface area contributed by atoms with Gasteiger partial charge in [-0.2, -0.15) is 0 Å². The molecule has 0 saturated carbocycles. The number of ketones is 5. The first-order valence-corrected chi connectivity index (χ1v) is 38.6. The Balaban J connectivity index is 0. The van der Waals surface area contributed by atoms with Crippen molar-refractivity contribution in [3.05, 3.63) is 265 Å². The Labute approximate surface area is 754 Å². The summed E-state index contributed by atoms with van der Waals surface area (Å²) in [6, 6.07) is 37.7. The van der Waals surface area contributed by atoms with Gasteiger partial charge in [0, 0.05) is 97.8 Å². The van der Waals surface area contributed by atoms with Gasteiger partial charge in [0.25, 0.3) is 35.6 Å². The van der Waals surface area contributed by atoms with E-state index in [0.29, 0.717) is 59.9 Å². The molecule has 49 heteroatoms. The summed E-state index contributed by atoms with van der Waals surface area (Å²) in [5.41, 5.74) is 5.99. The van der Waals surface area contributed by atoms with Crippen LogP contribution in [0.5, 0.6) is 17.2 Å². The van der Waals surface area contributed by atoms with Crippen LogP contribution in [0, 0.1) is 81.6 Å². The third-order valence-corrected chi connectivity index (χ3v) is 19.5. The number of carboxylic acids is 1. The standard InChI is InChI=1S/C23H25ClN2O9.C22H22ClN3O12.C17H15ClO4.2C6H14N2O3.C4H11NO3.2ClH/c1-4-23(14-33-25(29)30,15-34-26(31)32)13-20(27)22(2,3)35-19-11-7-17(8-12-19)21(28)16-5-9-18(24)10-6-16;1-21(2,38-18-9-5-16(6-10-18)20(28)15-3-7-17(23)8-4-15)19(27)11-22(12-35-24(29)30,13-36-25(31)32)14-37-26(33)34;1-17(2,16(20)21)22-14-9-5-12(6-10-14)15(19)11-3-7-13(18)8-4-11;2*1-3-6(7,4-2)5-11-8(9)10;5-4(1-6,2-7)3-8;;/h5-12H,4,13-15H2,1-3H3;3-10H,11-14H2,1-2H3;3-10H,1-2H3,(H,20,21);2*3-5,7H2,1-2H3;6-8H,1-3,5H2;2*1H. The zero-order valence-corrected chi connectivity index (χ0v) is 74.7. The molecule has 0 radical (unpaired) electrons. The minimum absolute atomic E-state index is 0. The van der Waals surface area contributed by atoms with Gasteiger partial charge in [-0.25, -0.2) is 4.79 Å². The molecule has 0 unspecified atom stereocenters. The number of carbonyl (C=O) groups excluding carboxylic acids is 5. The van der Waals surface area contributed by atoms with Gasteiger partial charge in [-0.15, -0.1) is 70.8 Å². The number of benzene rings is 6. The highest BCUT2D eigenvalue weighted by molar-refractivity contribution is 6.31. The number of aliphatic hydroxyl groups excluding tert-OH is 3. The van der Waals surface area contributed by atoms with Crippen molar-refractivity contribution in [2.45, 2.75) is 155 Å². The lowest BCUT2D eigenvalue weighted by atomic mass is 9.79. The molecule has 0 aliphatic heterocycles. The number of nitrogens with two attached hydrogens (primary N) is 1. The van der Waals surface area contributed by atoms with Crippen molar-refractivity contribution in [1.82, 2.24) is 0 Å². The Morgan fingerprint density at radius 3 is 0.709 bits per heavy atom. The number of hydrogen-bond donors (Lipinski definition) is 7. The number of nitrogens with zero attached hydrogens (tertiary/aromatic N) is 7. The first-order chi connectivity index (χ1) is 58.1. The largest absolute Gasteiger partial charge is 1.00 e. The molecule has 0 spiro atoms. The van der Waals surface area contributed by atoms with Gasteiger partial charge in [-0.3, -0.25) is 24.0 Å². The zero-order valence-electron chi connectivity index (χ0n) is 70.9. The Morgan fingerprint density at radius 1 is 0.339 bits per heavy atom. The van der Waals surface area contributed by atoms with Crippen LogP contribution in [-0.4, -0.2) is 190 Å². The molecule has 0 fully saturated rings. The Bertz CT molecular complexity index is 4410. The lowest BCUT2D eigenvalue weighted by Crippen LogP contribution is -3.00. The molecule has 0 bridgehead atoms. The molecule has 6 aromatic rings. The van der Waals surface area contributed by atoms with E-state index in [0.717, 1.165) is 25.7 Å². The number of ether oxygens (including phenoxy) is 3. The normalized spacial score (nSPS) is 11.1. The molecule has 12 N–H and O–H groups in total. The summed E-state index contributed by atoms with van der Waals surface area (Å²) in [6.45, 7) is 12.9. The maximum absolute atomic E-state index is 13.1. The highest BCUT2D eigenvalue weighted by atomic mass is 35.5. The predicted molar refractivity (Wildman–Crippen MR) is 441 cm³/mol. The van der Waals surface area contributed by atoms with Crippen LogP contribution in [0.4, 0.5) is 0 Å². The summed E-state index contributed by atoms with van der Waals surface area (Å²) >= 11 is 17.5. The van der Waals surface area contributed by atoms with Crippen molar-refractivity contribution >= 4 is 69.7 Å². The molecule has 6 rings (SSSR count). The van der Waals surface area contributed by atoms with Gasteiger partial charge in [-0.1, -0.05) is 69.4 Å². The first kappa shape index (κ1) is 117. The fourth-order valence-electron chi connectivity index (χ4n) is 9.61. The fraction of sp³-hybridized carbons (Fsp3) is 0.462. The van der Waals surface area contributed by atoms with E-state index in [9.17, 15) is 99.6 Å². The van der Waals surface area contributed by atoms with Crippen LogP contribution in [-0.2, 0) is 48.2 Å². The monoisotopic (exact) mass is 1900 g/mol. The molecule has 704 valence electrons. The number of carboxylic acid groups (broad SMARTS) is 1. The minimum atomic E-state index is -1.99. The number of rotatable bonds is 48. The molecular formula is C78H103Cl5N10O34. The molecule has 127 heavy (non-hydrogen) atoms. The SMILES string of the molecule is CC(C)(Oc1ccc(C(=O)c2ccc(Cl)cc2)cc1)C(=O)CC(CO[N+](=O)[O-])(CO[N+](=O)[O-])CO[N+](=O)[O-].CC(C)(Oc1ccc(C(=O)c2ccc(Cl)cc2)cc1)C(=O)O.CCC(CO[N+](=O)[O-])(CO[N+](=O)[O-])CC(=O)C(C)(C)Oc1ccc(C(=O)c2ccc(Cl)cc2)cc1.CCC([NH3+])(CC)CO[N+](=O)[O-].CCC([NH3+])(CC)CO[N+](=O)[O-].NC(CO)(CO)CO.[Cl-].[Cl-]. The number of halogens is 5. The molecule has 0 aromatic heterocycles. The highest BCUT2D eigenvalue weighted by Gasteiger charge is 2.44. The lowest BCUT2D eigenvalue weighted by Gasteiger charge is -2.33. The third kappa shape index (κ3) is 43.8. The van der Waals surface area contributed by atoms with E-state index in [2.05, 4.69) is 45.3 Å². The van der Waals surface area contributed by atoms with Crippen LogP contribution in [0.1, 0.15) is 169 Å². The van der Waals surface area contributed by atoms with Gasteiger partial charge in [-0.05, 0) is 194 Å². The fourth-order valence-corrected chi connectivity index (χ4v) is 9.99. The molecular weight excluding hydrogens is 1800 g/mol. The van der Waals surface area contributed by atoms with Crippen molar-refractivity contribution in [3.8, 4) is 17.2 Å². The summed E-state index contributed by atoms with van der Waals surface area (Å²) in [4.78, 5) is 178. The molecule has 0 amide bonds. The summed E-state index contributed by atoms with van der Waals surface area (Å²) in [5.74, 6) is -2.06. The van der Waals surface area contributed by atoms with Crippen LogP contribution in [0.3, 0.4) is 0 Å². The van der Waals surface area contributed by atoms with Gasteiger partial charge < -0.3 is 111 Å². The average molecular weight is 1900 g/mol. The number of carbonyl (C=O) groups is 6. The van der Waals surface area contributed by atoms with E-state index in [1.165, 1.54) is 77.9 Å². The van der Waals surface area contributed by atoms with Gasteiger partial charge in [0.15, 0.2) is 58.9 Å². The van der Waals surface area contributed by atoms with Gasteiger partial charge in [0.2, 0.25) is 0 Å². The highest BCUT2D eigenvalue weighted by Crippen LogP contribution is 2.34. The zero-order chi connectivity index (χ0) is 95.5. The third-order valence-electron chi connectivity index (χ3n) is 18.7. The topological polar surface area (TPSA) is 659 Å². The Hall–Kier alpha value is -11.8. The van der Waals surface area contributed by atoms with Crippen molar-refractivity contribution in [2.75, 3.05) is 66.1 Å². The summed E-state index contributed by atoms with van der Waals surface area (Å²) < 4.78 is 17.0. The van der Waals surface area contributed by atoms with Crippen LogP contribution in [0.2, 0.25) is 15.1 Å². The number of quaternary nitrogens is 2. The molecule has 0 atom stereocenters. The number of aliphatic carboxylic acids is 1. The number of Topliss-reactive ketones (excluding diaryl/α,β-unsaturated/α-hetero) is 2. The van der Waals surface area contributed by atoms with E-state index in [1.807, 2.05) is 27.7 Å². The van der Waals surface area contributed by atoms with Crippen molar-refractivity contribution in [2.24, 2.45) is 16.6 Å².